The average molecular weight is 402 g/mol. The lowest BCUT2D eigenvalue weighted by atomic mass is 9.84. The second kappa shape index (κ2) is 9.90. The topological polar surface area (TPSA) is 84.3 Å². The van der Waals surface area contributed by atoms with Crippen molar-refractivity contribution in [3.63, 3.8) is 0 Å². The van der Waals surface area contributed by atoms with Crippen LogP contribution >= 0.6 is 23.1 Å². The second-order valence-corrected chi connectivity index (χ2v) is 10.4. The maximum absolute atomic E-state index is 12.2. The van der Waals surface area contributed by atoms with Gasteiger partial charge in [-0.25, -0.2) is 4.79 Å². The van der Waals surface area contributed by atoms with Crippen molar-refractivity contribution in [3.8, 4) is 0 Å². The van der Waals surface area contributed by atoms with E-state index in [1.165, 1.54) is 55.2 Å². The van der Waals surface area contributed by atoms with Gasteiger partial charge in [0.2, 0.25) is 0 Å². The monoisotopic (exact) mass is 401 g/mol. The number of hydrogen-bond donors (Lipinski definition) is 2. The number of carbonyl (C=O) groups is 1. The first kappa shape index (κ1) is 21.4. The molecule has 1 fully saturated rings. The Morgan fingerprint density at radius 3 is 2.62 bits per heavy atom. The molecule has 6 nitrogen and oxygen atoms in total. The summed E-state index contributed by atoms with van der Waals surface area (Å²) in [6.45, 7) is 7.43. The van der Waals surface area contributed by atoms with Crippen LogP contribution in [0.4, 0.5) is 4.79 Å². The zero-order valence-corrected chi connectivity index (χ0v) is 17.8. The summed E-state index contributed by atoms with van der Waals surface area (Å²) in [6.07, 6.45) is 5.76. The molecule has 1 unspecified atom stereocenters. The highest BCUT2D eigenvalue weighted by molar-refractivity contribution is 8.01. The molecule has 2 rings (SSSR count). The Morgan fingerprint density at radius 2 is 2.04 bits per heavy atom. The second-order valence-electron chi connectivity index (χ2n) is 7.96. The summed E-state index contributed by atoms with van der Waals surface area (Å²) < 4.78 is 6.23. The van der Waals surface area contributed by atoms with E-state index in [2.05, 4.69) is 15.5 Å². The van der Waals surface area contributed by atoms with E-state index in [9.17, 15) is 9.90 Å². The Hall–Kier alpha value is -0.860. The number of aliphatic hydroxyl groups is 1. The van der Waals surface area contributed by atoms with Crippen molar-refractivity contribution in [1.82, 2.24) is 15.5 Å². The molecule has 2 atom stereocenters. The summed E-state index contributed by atoms with van der Waals surface area (Å²) in [5.74, 6) is 1.02. The summed E-state index contributed by atoms with van der Waals surface area (Å²) in [5, 5.41) is 22.6. The van der Waals surface area contributed by atoms with E-state index in [1.54, 1.807) is 0 Å². The predicted octanol–water partition coefficient (Wildman–Crippen LogP) is 4.16. The lowest BCUT2D eigenvalue weighted by molar-refractivity contribution is 0.0416. The highest BCUT2D eigenvalue weighted by Gasteiger charge is 2.28. The van der Waals surface area contributed by atoms with Crippen LogP contribution in [-0.2, 0) is 4.74 Å². The number of aromatic nitrogens is 2. The molecule has 1 aromatic rings. The lowest BCUT2D eigenvalue weighted by Crippen LogP contribution is -2.47. The van der Waals surface area contributed by atoms with Gasteiger partial charge in [-0.15, -0.1) is 10.2 Å². The zero-order valence-electron chi connectivity index (χ0n) is 16.2. The van der Waals surface area contributed by atoms with Crippen LogP contribution in [0.5, 0.6) is 0 Å². The summed E-state index contributed by atoms with van der Waals surface area (Å²) in [7, 11) is 0. The molecule has 0 aromatic carbocycles. The van der Waals surface area contributed by atoms with Crippen LogP contribution in [0.25, 0.3) is 0 Å². The van der Waals surface area contributed by atoms with Gasteiger partial charge in [-0.05, 0) is 40.0 Å². The highest BCUT2D eigenvalue weighted by Crippen LogP contribution is 2.29. The number of aliphatic hydroxyl groups excluding tert-OH is 1. The van der Waals surface area contributed by atoms with E-state index < -0.39 is 17.8 Å². The van der Waals surface area contributed by atoms with Crippen LogP contribution in [0.3, 0.4) is 0 Å². The fraction of sp³-hybridized carbons (Fsp3) is 0.833. The van der Waals surface area contributed by atoms with Crippen molar-refractivity contribution in [1.29, 1.82) is 0 Å². The Labute approximate surface area is 164 Å². The van der Waals surface area contributed by atoms with Crippen LogP contribution in [0.15, 0.2) is 4.34 Å². The molecule has 26 heavy (non-hydrogen) atoms. The maximum Gasteiger partial charge on any atom is 0.407 e. The van der Waals surface area contributed by atoms with Gasteiger partial charge < -0.3 is 15.2 Å². The number of alkyl carbamates (subject to hydrolysis) is 1. The van der Waals surface area contributed by atoms with Gasteiger partial charge >= 0.3 is 6.09 Å². The molecule has 148 valence electrons. The van der Waals surface area contributed by atoms with E-state index in [1.807, 2.05) is 27.7 Å². The van der Waals surface area contributed by atoms with Crippen molar-refractivity contribution in [3.05, 3.63) is 5.01 Å². The maximum atomic E-state index is 12.2. The quantitative estimate of drug-likeness (QED) is 0.667. The van der Waals surface area contributed by atoms with Crippen LogP contribution in [0.1, 0.15) is 64.3 Å². The van der Waals surface area contributed by atoms with E-state index >= 15 is 0 Å². The molecule has 2 N–H and O–H groups in total. The molecule has 0 spiro atoms. The SMILES string of the molecule is Cc1nnc(SCC(O)[C@H](CC2CCCCC2)NC(=O)OC(C)(C)C)s1. The molecule has 1 aromatic heterocycles. The van der Waals surface area contributed by atoms with Gasteiger partial charge in [0, 0.05) is 5.75 Å². The molecule has 0 aliphatic heterocycles. The summed E-state index contributed by atoms with van der Waals surface area (Å²) in [5.41, 5.74) is -0.552. The predicted molar refractivity (Wildman–Crippen MR) is 106 cm³/mol. The van der Waals surface area contributed by atoms with Crippen LogP contribution < -0.4 is 5.32 Å². The van der Waals surface area contributed by atoms with Crippen LogP contribution in [-0.4, -0.2) is 44.9 Å². The first-order valence-electron chi connectivity index (χ1n) is 9.33. The van der Waals surface area contributed by atoms with Crippen molar-refractivity contribution < 1.29 is 14.6 Å². The minimum Gasteiger partial charge on any atom is -0.444 e. The number of nitrogens with zero attached hydrogens (tertiary/aromatic N) is 2. The van der Waals surface area contributed by atoms with Gasteiger partial charge in [-0.2, -0.15) is 0 Å². The number of ether oxygens (including phenoxy) is 1. The minimum atomic E-state index is -0.654. The fourth-order valence-corrected chi connectivity index (χ4v) is 5.02. The third-order valence-corrected chi connectivity index (χ3v) is 6.44. The van der Waals surface area contributed by atoms with Crippen molar-refractivity contribution >= 4 is 29.2 Å². The number of carbonyl (C=O) groups excluding carboxylic acids is 1. The normalized spacial score (nSPS) is 18.3. The van der Waals surface area contributed by atoms with Gasteiger partial charge in [-0.3, -0.25) is 0 Å². The van der Waals surface area contributed by atoms with Gasteiger partial charge in [0.1, 0.15) is 10.6 Å². The molecule has 0 saturated heterocycles. The Kier molecular flexibility index (Phi) is 8.16. The Morgan fingerprint density at radius 1 is 1.35 bits per heavy atom. The van der Waals surface area contributed by atoms with Crippen molar-refractivity contribution in [2.75, 3.05) is 5.75 Å². The van der Waals surface area contributed by atoms with Gasteiger partial charge in [0.05, 0.1) is 12.1 Å². The summed E-state index contributed by atoms with van der Waals surface area (Å²) >= 11 is 3.00. The van der Waals surface area contributed by atoms with E-state index in [0.29, 0.717) is 11.7 Å². The Balaban J connectivity index is 1.94. The summed E-state index contributed by atoms with van der Waals surface area (Å²) in [6, 6.07) is -0.311. The number of nitrogens with one attached hydrogen (secondary N) is 1. The van der Waals surface area contributed by atoms with Crippen molar-refractivity contribution in [2.24, 2.45) is 5.92 Å². The molecule has 1 saturated carbocycles. The average Bonchev–Trinajstić information content (AvgIpc) is 2.96. The molecule has 0 radical (unpaired) electrons. The van der Waals surface area contributed by atoms with Gasteiger partial charge in [-0.1, -0.05) is 55.2 Å². The standard InChI is InChI=1S/C18H31N3O3S2/c1-12-20-21-17(26-12)25-11-15(22)14(10-13-8-6-5-7-9-13)19-16(23)24-18(2,3)4/h13-15,22H,5-11H2,1-4H3,(H,19,23)/t14-,15?/m0/s1. The molecule has 1 aliphatic rings. The third-order valence-electron chi connectivity index (χ3n) is 4.36. The lowest BCUT2D eigenvalue weighted by Gasteiger charge is -2.30. The molecular weight excluding hydrogens is 370 g/mol. The first-order chi connectivity index (χ1) is 12.2. The first-order valence-corrected chi connectivity index (χ1v) is 11.1. The Bertz CT molecular complexity index is 568. The van der Waals surface area contributed by atoms with E-state index in [-0.39, 0.29) is 6.04 Å². The number of amides is 1. The van der Waals surface area contributed by atoms with E-state index in [4.69, 9.17) is 4.74 Å². The third kappa shape index (κ3) is 7.80. The number of rotatable bonds is 7. The van der Waals surface area contributed by atoms with Crippen LogP contribution in [0.2, 0.25) is 0 Å². The molecule has 1 heterocycles. The van der Waals surface area contributed by atoms with Gasteiger partial charge in [0.25, 0.3) is 0 Å². The minimum absolute atomic E-state index is 0.311. The smallest absolute Gasteiger partial charge is 0.407 e. The van der Waals surface area contributed by atoms with Crippen molar-refractivity contribution in [2.45, 2.75) is 88.3 Å². The molecule has 0 bridgehead atoms. The van der Waals surface area contributed by atoms with Crippen LogP contribution in [0, 0.1) is 12.8 Å². The van der Waals surface area contributed by atoms with E-state index in [0.717, 1.165) is 15.8 Å². The zero-order chi connectivity index (χ0) is 19.2. The van der Waals surface area contributed by atoms with Gasteiger partial charge in [0.15, 0.2) is 4.34 Å². The molecule has 1 aliphatic carbocycles. The molecular formula is C18H31N3O3S2. The summed E-state index contributed by atoms with van der Waals surface area (Å²) in [4.78, 5) is 12.2. The fourth-order valence-electron chi connectivity index (χ4n) is 3.16. The largest absolute Gasteiger partial charge is 0.444 e. The number of hydrogen-bond acceptors (Lipinski definition) is 7. The molecule has 1 amide bonds. The number of thioether (sulfide) groups is 1. The number of aryl methyl sites for hydroxylation is 1. The molecule has 8 heteroatoms. The highest BCUT2D eigenvalue weighted by atomic mass is 32.2.